The molecule has 2 rings (SSSR count). The predicted octanol–water partition coefficient (Wildman–Crippen LogP) is 0.534. The van der Waals surface area contributed by atoms with Crippen molar-refractivity contribution in [1.82, 2.24) is 25.9 Å². The molecule has 11 heteroatoms. The van der Waals surface area contributed by atoms with Crippen LogP contribution in [0.25, 0.3) is 0 Å². The van der Waals surface area contributed by atoms with E-state index in [0.29, 0.717) is 5.82 Å². The highest BCUT2D eigenvalue weighted by molar-refractivity contribution is 5.81. The molecule has 2 aromatic rings. The second-order valence-electron chi connectivity index (χ2n) is 5.62. The van der Waals surface area contributed by atoms with Crippen LogP contribution in [0, 0.1) is 0 Å². The lowest BCUT2D eigenvalue weighted by Gasteiger charge is -2.17. The van der Waals surface area contributed by atoms with Crippen LogP contribution in [-0.4, -0.2) is 58.4 Å². The number of hydrogen-bond donors (Lipinski definition) is 2. The van der Waals surface area contributed by atoms with Crippen molar-refractivity contribution in [1.29, 1.82) is 0 Å². The summed E-state index contributed by atoms with van der Waals surface area (Å²) in [6.07, 6.45) is -0.423. The number of aromatic nitrogens is 4. The number of alkyl carbamates (subject to hydrolysis) is 1. The number of carbonyl (C=O) groups is 3. The van der Waals surface area contributed by atoms with Gasteiger partial charge in [0.1, 0.15) is 19.3 Å². The van der Waals surface area contributed by atoms with Gasteiger partial charge in [-0.05, 0) is 12.0 Å². The maximum absolute atomic E-state index is 12.3. The number of methoxy groups -OCH3 is 1. The van der Waals surface area contributed by atoms with E-state index in [9.17, 15) is 14.4 Å². The van der Waals surface area contributed by atoms with Gasteiger partial charge in [0, 0.05) is 6.42 Å². The van der Waals surface area contributed by atoms with E-state index in [-0.39, 0.29) is 32.5 Å². The van der Waals surface area contributed by atoms with E-state index < -0.39 is 24.1 Å². The molecule has 0 aliphatic rings. The lowest BCUT2D eigenvalue weighted by Crippen LogP contribution is -2.42. The number of nitrogens with zero attached hydrogens (tertiary/aromatic N) is 3. The van der Waals surface area contributed by atoms with Crippen molar-refractivity contribution < 1.29 is 28.6 Å². The molecule has 0 bridgehead atoms. The summed E-state index contributed by atoms with van der Waals surface area (Å²) in [7, 11) is 1.24. The molecule has 0 fully saturated rings. The molecule has 1 aromatic carbocycles. The topological polar surface area (TPSA) is 145 Å². The fourth-order valence-corrected chi connectivity index (χ4v) is 2.16. The number of aryl methyl sites for hydroxylation is 1. The minimum atomic E-state index is -1.00. The molecule has 2 N–H and O–H groups in total. The van der Waals surface area contributed by atoms with Crippen molar-refractivity contribution in [3.05, 3.63) is 41.7 Å². The van der Waals surface area contributed by atoms with Crippen molar-refractivity contribution >= 4 is 18.0 Å². The van der Waals surface area contributed by atoms with Gasteiger partial charge in [-0.15, -0.1) is 10.2 Å². The number of carbonyl (C=O) groups excluding carboxylic acids is 3. The van der Waals surface area contributed by atoms with Crippen LogP contribution in [0.1, 0.15) is 24.2 Å². The summed E-state index contributed by atoms with van der Waals surface area (Å²) in [5.74, 6) is -0.831. The lowest BCUT2D eigenvalue weighted by atomic mass is 10.1. The standard InChI is InChI=1S/C17H21N5O6/c1-26-15(23)9-10-27-16(24)13(7-8-14-19-21-22-20-14)18-17(25)28-11-12-5-3-2-4-6-12/h2-6,13H,7-11H2,1H3,(H,18,25)(H,19,20,21,22)/t13-/m0/s1. The molecule has 0 aliphatic heterocycles. The summed E-state index contributed by atoms with van der Waals surface area (Å²) in [6.45, 7) is -0.105. The van der Waals surface area contributed by atoms with Gasteiger partial charge < -0.3 is 19.5 Å². The number of amides is 1. The van der Waals surface area contributed by atoms with Gasteiger partial charge in [0.15, 0.2) is 5.82 Å². The van der Waals surface area contributed by atoms with Gasteiger partial charge in [0.05, 0.1) is 13.5 Å². The van der Waals surface area contributed by atoms with Crippen molar-refractivity contribution in [2.24, 2.45) is 0 Å². The molecule has 150 valence electrons. The Bertz CT molecular complexity index is 753. The highest BCUT2D eigenvalue weighted by Gasteiger charge is 2.24. The van der Waals surface area contributed by atoms with Gasteiger partial charge in [-0.25, -0.2) is 9.59 Å². The maximum Gasteiger partial charge on any atom is 0.408 e. The van der Waals surface area contributed by atoms with Crippen LogP contribution in [-0.2, 0) is 36.8 Å². The highest BCUT2D eigenvalue weighted by atomic mass is 16.6. The van der Waals surface area contributed by atoms with E-state index in [4.69, 9.17) is 9.47 Å². The lowest BCUT2D eigenvalue weighted by molar-refractivity contribution is -0.149. The maximum atomic E-state index is 12.3. The molecule has 1 aromatic heterocycles. The first-order valence-electron chi connectivity index (χ1n) is 8.51. The summed E-state index contributed by atoms with van der Waals surface area (Å²) in [5, 5.41) is 15.8. The van der Waals surface area contributed by atoms with Gasteiger partial charge in [0.25, 0.3) is 0 Å². The van der Waals surface area contributed by atoms with Crippen molar-refractivity contribution in [2.75, 3.05) is 13.7 Å². The van der Waals surface area contributed by atoms with Gasteiger partial charge in [0.2, 0.25) is 0 Å². The molecule has 0 saturated carbocycles. The van der Waals surface area contributed by atoms with Crippen molar-refractivity contribution in [3.8, 4) is 0 Å². The van der Waals surface area contributed by atoms with Crippen LogP contribution < -0.4 is 5.32 Å². The average molecular weight is 391 g/mol. The molecule has 0 unspecified atom stereocenters. The second kappa shape index (κ2) is 11.3. The summed E-state index contributed by atoms with van der Waals surface area (Å²) < 4.78 is 14.6. The summed E-state index contributed by atoms with van der Waals surface area (Å²) in [5.41, 5.74) is 0.807. The number of aromatic amines is 1. The van der Waals surface area contributed by atoms with E-state index in [1.165, 1.54) is 7.11 Å². The van der Waals surface area contributed by atoms with Crippen molar-refractivity contribution in [2.45, 2.75) is 31.9 Å². The Labute approximate surface area is 160 Å². The summed E-state index contributed by atoms with van der Waals surface area (Å²) >= 11 is 0. The SMILES string of the molecule is COC(=O)CCOC(=O)[C@H](CCc1nn[nH]n1)NC(=O)OCc1ccccc1. The van der Waals surface area contributed by atoms with Crippen LogP contribution in [0.2, 0.25) is 0 Å². The number of rotatable bonds is 10. The molecule has 11 nitrogen and oxygen atoms in total. The second-order valence-corrected chi connectivity index (χ2v) is 5.62. The summed E-state index contributed by atoms with van der Waals surface area (Å²) in [4.78, 5) is 35.4. The third-order valence-corrected chi connectivity index (χ3v) is 3.61. The first kappa shape index (κ1) is 20.8. The molecule has 0 saturated heterocycles. The first-order valence-corrected chi connectivity index (χ1v) is 8.51. The zero-order valence-corrected chi connectivity index (χ0v) is 15.3. The molecule has 0 radical (unpaired) electrons. The number of hydrogen-bond acceptors (Lipinski definition) is 9. The fourth-order valence-electron chi connectivity index (χ4n) is 2.16. The number of H-pyrrole nitrogens is 1. The van der Waals surface area contributed by atoms with Gasteiger partial charge in [-0.1, -0.05) is 35.5 Å². The zero-order valence-electron chi connectivity index (χ0n) is 15.3. The zero-order chi connectivity index (χ0) is 20.2. The monoisotopic (exact) mass is 391 g/mol. The van der Waals surface area contributed by atoms with Gasteiger partial charge >= 0.3 is 18.0 Å². The smallest absolute Gasteiger partial charge is 0.408 e. The number of esters is 2. The minimum Gasteiger partial charge on any atom is -0.469 e. The minimum absolute atomic E-state index is 0.0572. The highest BCUT2D eigenvalue weighted by Crippen LogP contribution is 2.05. The van der Waals surface area contributed by atoms with Crippen LogP contribution in [0.3, 0.4) is 0 Å². The third kappa shape index (κ3) is 7.40. The van der Waals surface area contributed by atoms with Crippen LogP contribution in [0.5, 0.6) is 0 Å². The van der Waals surface area contributed by atoms with Gasteiger partial charge in [-0.3, -0.25) is 4.79 Å². The Morgan fingerprint density at radius 2 is 1.96 bits per heavy atom. The van der Waals surface area contributed by atoms with E-state index >= 15 is 0 Å². The number of nitrogens with one attached hydrogen (secondary N) is 2. The Kier molecular flexibility index (Phi) is 8.37. The van der Waals surface area contributed by atoms with E-state index in [2.05, 4.69) is 30.7 Å². The van der Waals surface area contributed by atoms with E-state index in [1.807, 2.05) is 30.3 Å². The predicted molar refractivity (Wildman–Crippen MR) is 93.6 cm³/mol. The normalized spacial score (nSPS) is 11.3. The molecular formula is C17H21N5O6. The molecule has 0 spiro atoms. The molecule has 0 aliphatic carbocycles. The largest absolute Gasteiger partial charge is 0.469 e. The Balaban J connectivity index is 1.87. The molecular weight excluding hydrogens is 370 g/mol. The Hall–Kier alpha value is -3.50. The number of ether oxygens (including phenoxy) is 3. The summed E-state index contributed by atoms with van der Waals surface area (Å²) in [6, 6.07) is 8.11. The fraction of sp³-hybridized carbons (Fsp3) is 0.412. The van der Waals surface area contributed by atoms with Crippen LogP contribution in [0.15, 0.2) is 30.3 Å². The quantitative estimate of drug-likeness (QED) is 0.437. The van der Waals surface area contributed by atoms with Crippen LogP contribution in [0.4, 0.5) is 4.79 Å². The number of benzene rings is 1. The van der Waals surface area contributed by atoms with Gasteiger partial charge in [-0.2, -0.15) is 5.21 Å². The van der Waals surface area contributed by atoms with E-state index in [0.717, 1.165) is 5.56 Å². The Morgan fingerprint density at radius 1 is 1.18 bits per heavy atom. The average Bonchev–Trinajstić information content (AvgIpc) is 3.23. The first-order chi connectivity index (χ1) is 13.6. The van der Waals surface area contributed by atoms with Crippen LogP contribution >= 0.6 is 0 Å². The Morgan fingerprint density at radius 3 is 2.64 bits per heavy atom. The number of tetrazole rings is 1. The van der Waals surface area contributed by atoms with Crippen molar-refractivity contribution in [3.63, 3.8) is 0 Å². The third-order valence-electron chi connectivity index (χ3n) is 3.61. The molecule has 28 heavy (non-hydrogen) atoms. The molecule has 1 amide bonds. The molecule has 1 heterocycles. The van der Waals surface area contributed by atoms with E-state index in [1.54, 1.807) is 0 Å². The molecule has 1 atom stereocenters.